The second-order valence-electron chi connectivity index (χ2n) is 7.62. The molecular formula is C24H26FN3O2S. The normalized spacial score (nSPS) is 18.5. The van der Waals surface area contributed by atoms with Crippen molar-refractivity contribution in [3.05, 3.63) is 87.1 Å². The fourth-order valence-corrected chi connectivity index (χ4v) is 4.66. The highest BCUT2D eigenvalue weighted by molar-refractivity contribution is 7.09. The van der Waals surface area contributed by atoms with Gasteiger partial charge in [-0.3, -0.25) is 10.1 Å². The number of aromatic nitrogens is 1. The topological polar surface area (TPSA) is 63.2 Å². The Hall–Kier alpha value is -2.61. The number of fused-ring (bicyclic) bond motifs is 1. The molecular weight excluding hydrogens is 413 g/mol. The van der Waals surface area contributed by atoms with Crippen LogP contribution in [0.2, 0.25) is 0 Å². The molecule has 3 atom stereocenters. The number of hydrogen-bond donors (Lipinski definition) is 2. The molecule has 0 unspecified atom stereocenters. The van der Waals surface area contributed by atoms with Crippen LogP contribution in [0, 0.1) is 12.7 Å². The highest BCUT2D eigenvalue weighted by atomic mass is 32.1. The van der Waals surface area contributed by atoms with E-state index in [9.17, 15) is 9.18 Å². The Morgan fingerprint density at radius 2 is 2.03 bits per heavy atom. The Morgan fingerprint density at radius 1 is 1.26 bits per heavy atom. The number of rotatable bonds is 8. The van der Waals surface area contributed by atoms with E-state index in [4.69, 9.17) is 4.74 Å². The molecule has 1 aliphatic rings. The molecule has 1 amide bonds. The van der Waals surface area contributed by atoms with Gasteiger partial charge in [-0.05, 0) is 49.1 Å². The van der Waals surface area contributed by atoms with Gasteiger partial charge in [-0.1, -0.05) is 36.4 Å². The summed E-state index contributed by atoms with van der Waals surface area (Å²) in [7, 11) is 0. The van der Waals surface area contributed by atoms with Gasteiger partial charge in [0.25, 0.3) is 0 Å². The molecule has 31 heavy (non-hydrogen) atoms. The molecule has 0 radical (unpaired) electrons. The van der Waals surface area contributed by atoms with Gasteiger partial charge >= 0.3 is 0 Å². The predicted molar refractivity (Wildman–Crippen MR) is 119 cm³/mol. The van der Waals surface area contributed by atoms with E-state index in [0.717, 1.165) is 16.3 Å². The summed E-state index contributed by atoms with van der Waals surface area (Å²) < 4.78 is 19.5. The summed E-state index contributed by atoms with van der Waals surface area (Å²) in [5.41, 5.74) is 3.89. The zero-order valence-corrected chi connectivity index (χ0v) is 18.4. The third-order valence-electron chi connectivity index (χ3n) is 5.46. The maximum absolute atomic E-state index is 13.5. The van der Waals surface area contributed by atoms with Crippen molar-refractivity contribution in [1.82, 2.24) is 15.6 Å². The molecule has 2 N–H and O–H groups in total. The van der Waals surface area contributed by atoms with Crippen molar-refractivity contribution < 1.29 is 13.9 Å². The third-order valence-corrected chi connectivity index (χ3v) is 6.28. The second-order valence-corrected chi connectivity index (χ2v) is 8.68. The molecule has 7 heteroatoms. The average Bonchev–Trinajstić information content (AvgIpc) is 3.33. The first kappa shape index (κ1) is 21.6. The van der Waals surface area contributed by atoms with Crippen molar-refractivity contribution in [3.63, 3.8) is 0 Å². The summed E-state index contributed by atoms with van der Waals surface area (Å²) in [4.78, 5) is 17.8. The van der Waals surface area contributed by atoms with Crippen LogP contribution < -0.4 is 10.6 Å². The minimum absolute atomic E-state index is 0.156. The lowest BCUT2D eigenvalue weighted by Crippen LogP contribution is -2.44. The van der Waals surface area contributed by atoms with E-state index in [1.165, 1.54) is 17.7 Å². The molecule has 3 aromatic rings. The molecule has 0 aliphatic heterocycles. The average molecular weight is 440 g/mol. The highest BCUT2D eigenvalue weighted by Crippen LogP contribution is 2.34. The van der Waals surface area contributed by atoms with Crippen LogP contribution in [0.25, 0.3) is 0 Å². The fraction of sp³-hybridized carbons (Fsp3) is 0.333. The smallest absolute Gasteiger partial charge is 0.242 e. The van der Waals surface area contributed by atoms with Gasteiger partial charge in [-0.25, -0.2) is 9.37 Å². The summed E-state index contributed by atoms with van der Waals surface area (Å²) in [6.07, 6.45) is 0.536. The van der Waals surface area contributed by atoms with E-state index in [1.54, 1.807) is 23.5 Å². The Balaban J connectivity index is 1.53. The van der Waals surface area contributed by atoms with Crippen LogP contribution in [-0.4, -0.2) is 23.5 Å². The minimum Gasteiger partial charge on any atom is -0.372 e. The summed E-state index contributed by atoms with van der Waals surface area (Å²) in [6.45, 7) is 4.91. The lowest BCUT2D eigenvalue weighted by molar-refractivity contribution is -0.125. The van der Waals surface area contributed by atoms with Crippen molar-refractivity contribution >= 4 is 17.2 Å². The van der Waals surface area contributed by atoms with Crippen LogP contribution in [0.4, 0.5) is 4.39 Å². The summed E-state index contributed by atoms with van der Waals surface area (Å²) in [5.74, 6) is -0.498. The number of carbonyl (C=O) groups excluding carboxylic acids is 1. The predicted octanol–water partition coefficient (Wildman–Crippen LogP) is 4.24. The third kappa shape index (κ3) is 5.01. The van der Waals surface area contributed by atoms with Gasteiger partial charge in [0.15, 0.2) is 0 Å². The Morgan fingerprint density at radius 3 is 2.74 bits per heavy atom. The molecule has 0 bridgehead atoms. The van der Waals surface area contributed by atoms with Gasteiger partial charge in [0, 0.05) is 18.5 Å². The number of hydrogen-bond acceptors (Lipinski definition) is 5. The van der Waals surface area contributed by atoms with Gasteiger partial charge in [0.05, 0.1) is 16.7 Å². The van der Waals surface area contributed by atoms with Crippen molar-refractivity contribution in [2.75, 3.05) is 6.61 Å². The van der Waals surface area contributed by atoms with E-state index < -0.39 is 6.04 Å². The van der Waals surface area contributed by atoms with Crippen molar-refractivity contribution in [3.8, 4) is 0 Å². The maximum Gasteiger partial charge on any atom is 0.242 e. The Kier molecular flexibility index (Phi) is 6.75. The van der Waals surface area contributed by atoms with Crippen LogP contribution in [0.3, 0.4) is 0 Å². The molecule has 1 aliphatic carbocycles. The lowest BCUT2D eigenvalue weighted by Gasteiger charge is -2.25. The molecule has 0 saturated carbocycles. The van der Waals surface area contributed by atoms with Gasteiger partial charge < -0.3 is 10.1 Å². The Bertz CT molecular complexity index is 1040. The largest absolute Gasteiger partial charge is 0.372 e. The van der Waals surface area contributed by atoms with Gasteiger partial charge in [-0.2, -0.15) is 0 Å². The molecule has 0 spiro atoms. The first-order valence-electron chi connectivity index (χ1n) is 10.4. The zero-order chi connectivity index (χ0) is 21.8. The molecule has 0 fully saturated rings. The molecule has 0 saturated heterocycles. The van der Waals surface area contributed by atoms with Crippen LogP contribution in [-0.2, 0) is 22.5 Å². The monoisotopic (exact) mass is 439 g/mol. The van der Waals surface area contributed by atoms with E-state index in [1.807, 2.05) is 31.4 Å². The van der Waals surface area contributed by atoms with Crippen LogP contribution in [0.15, 0.2) is 53.9 Å². The van der Waals surface area contributed by atoms with Crippen LogP contribution in [0.5, 0.6) is 0 Å². The van der Waals surface area contributed by atoms with Gasteiger partial charge in [0.1, 0.15) is 18.0 Å². The maximum atomic E-state index is 13.5. The lowest BCUT2D eigenvalue weighted by atomic mass is 10.0. The number of aryl methyl sites for hydroxylation is 1. The summed E-state index contributed by atoms with van der Waals surface area (Å²) in [6, 6.07) is 13.4. The number of nitrogens with one attached hydrogen (secondary N) is 2. The van der Waals surface area contributed by atoms with Crippen molar-refractivity contribution in [1.29, 1.82) is 0 Å². The Labute approximate surface area is 185 Å². The van der Waals surface area contributed by atoms with Gasteiger partial charge in [-0.15, -0.1) is 11.3 Å². The van der Waals surface area contributed by atoms with Crippen molar-refractivity contribution in [2.45, 2.75) is 45.0 Å². The number of benzene rings is 2. The number of amides is 1. The van der Waals surface area contributed by atoms with Crippen LogP contribution in [0.1, 0.15) is 46.5 Å². The molecule has 4 rings (SSSR count). The zero-order valence-electron chi connectivity index (χ0n) is 17.6. The highest BCUT2D eigenvalue weighted by Gasteiger charge is 2.35. The van der Waals surface area contributed by atoms with E-state index in [0.29, 0.717) is 25.1 Å². The molecule has 1 aromatic heterocycles. The fourth-order valence-electron chi connectivity index (χ4n) is 4.05. The molecule has 162 valence electrons. The number of ether oxygens (including phenoxy) is 1. The molecule has 2 aromatic carbocycles. The molecule has 5 nitrogen and oxygen atoms in total. The van der Waals surface area contributed by atoms with Crippen molar-refractivity contribution in [2.24, 2.45) is 0 Å². The summed E-state index contributed by atoms with van der Waals surface area (Å²) >= 11 is 1.57. The first-order chi connectivity index (χ1) is 15.0. The first-order valence-corrected chi connectivity index (χ1v) is 11.3. The number of carbonyl (C=O) groups is 1. The number of halogens is 1. The van der Waals surface area contributed by atoms with Crippen LogP contribution >= 0.6 is 11.3 Å². The molecule has 1 heterocycles. The van der Waals surface area contributed by atoms with E-state index in [2.05, 4.69) is 27.8 Å². The quantitative estimate of drug-likeness (QED) is 0.551. The number of nitrogens with zero attached hydrogens (tertiary/aromatic N) is 1. The summed E-state index contributed by atoms with van der Waals surface area (Å²) in [5, 5.41) is 9.42. The van der Waals surface area contributed by atoms with Gasteiger partial charge in [0.2, 0.25) is 5.91 Å². The van der Waals surface area contributed by atoms with E-state index in [-0.39, 0.29) is 23.9 Å². The van der Waals surface area contributed by atoms with E-state index >= 15 is 0 Å². The number of thiazole rings is 1. The second kappa shape index (κ2) is 9.68. The standard InChI is InChI=1S/C24H26FN3O2S/c1-3-30-23-20-7-5-4-6-17(20)12-21(23)28-24(29)22(16-8-10-18(25)11-9-16)26-13-19-14-31-15(2)27-19/h4-11,14,21-23,26H,3,12-13H2,1-2H3,(H,28,29)/t21-,22+,23-/m1/s1. The minimum atomic E-state index is -0.631. The SMILES string of the molecule is CCO[C@@H]1c2ccccc2C[C@H]1NC(=O)[C@@H](NCc1csc(C)n1)c1ccc(F)cc1.